The largest absolute Gasteiger partial charge is 0.490 e. The van der Waals surface area contributed by atoms with E-state index in [4.69, 9.17) is 4.74 Å². The topological polar surface area (TPSA) is 22.1 Å². The van der Waals surface area contributed by atoms with Crippen molar-refractivity contribution in [3.05, 3.63) is 72.2 Å². The summed E-state index contributed by atoms with van der Waals surface area (Å²) in [6.45, 7) is 2.01. The molecule has 1 aromatic heterocycles. The fourth-order valence-electron chi connectivity index (χ4n) is 2.42. The number of ether oxygens (including phenoxy) is 1. The minimum absolute atomic E-state index is 0.00117. The highest BCUT2D eigenvalue weighted by Gasteiger charge is 2.10. The molecular formula is C18H16FNO. The van der Waals surface area contributed by atoms with Crippen LogP contribution in [0.5, 0.6) is 5.75 Å². The van der Waals surface area contributed by atoms with Crippen LogP contribution in [0.2, 0.25) is 0 Å². The van der Waals surface area contributed by atoms with Gasteiger partial charge in [-0.1, -0.05) is 36.4 Å². The maximum Gasteiger partial charge on any atom is 0.149 e. The highest BCUT2D eigenvalue weighted by atomic mass is 19.1. The van der Waals surface area contributed by atoms with Crippen molar-refractivity contribution in [3.63, 3.8) is 0 Å². The first-order chi connectivity index (χ1) is 10.2. The van der Waals surface area contributed by atoms with Crippen molar-refractivity contribution in [2.45, 2.75) is 19.4 Å². The van der Waals surface area contributed by atoms with E-state index < -0.39 is 0 Å². The fraction of sp³-hybridized carbons (Fsp3) is 0.167. The highest BCUT2D eigenvalue weighted by Crippen LogP contribution is 2.26. The molecule has 3 rings (SSSR count). The third-order valence-corrected chi connectivity index (χ3v) is 3.38. The van der Waals surface area contributed by atoms with Crippen molar-refractivity contribution in [3.8, 4) is 5.75 Å². The van der Waals surface area contributed by atoms with Crippen LogP contribution in [0.25, 0.3) is 10.9 Å². The van der Waals surface area contributed by atoms with Crippen molar-refractivity contribution < 1.29 is 9.13 Å². The lowest BCUT2D eigenvalue weighted by atomic mass is 10.1. The van der Waals surface area contributed by atoms with Crippen molar-refractivity contribution >= 4 is 10.9 Å². The Morgan fingerprint density at radius 1 is 1.05 bits per heavy atom. The van der Waals surface area contributed by atoms with Gasteiger partial charge in [0.1, 0.15) is 17.1 Å². The summed E-state index contributed by atoms with van der Waals surface area (Å²) in [7, 11) is 0. The summed E-state index contributed by atoms with van der Waals surface area (Å²) in [5.41, 5.74) is 1.57. The van der Waals surface area contributed by atoms with E-state index in [2.05, 4.69) is 17.1 Å². The van der Waals surface area contributed by atoms with Crippen LogP contribution in [-0.2, 0) is 6.42 Å². The molecule has 2 aromatic carbocycles. The zero-order valence-corrected chi connectivity index (χ0v) is 11.8. The Morgan fingerprint density at radius 2 is 1.86 bits per heavy atom. The number of benzene rings is 2. The number of fused-ring (bicyclic) bond motifs is 1. The second-order valence-corrected chi connectivity index (χ2v) is 5.06. The molecule has 0 N–H and O–H groups in total. The number of para-hydroxylation sites is 1. The lowest BCUT2D eigenvalue weighted by molar-refractivity contribution is 0.225. The van der Waals surface area contributed by atoms with Gasteiger partial charge in [-0.3, -0.25) is 4.98 Å². The van der Waals surface area contributed by atoms with Crippen molar-refractivity contribution in [1.82, 2.24) is 4.98 Å². The second-order valence-electron chi connectivity index (χ2n) is 5.06. The molecule has 3 heteroatoms. The van der Waals surface area contributed by atoms with Crippen LogP contribution >= 0.6 is 0 Å². The Labute approximate surface area is 123 Å². The van der Waals surface area contributed by atoms with Crippen LogP contribution in [0, 0.1) is 5.82 Å². The molecule has 21 heavy (non-hydrogen) atoms. The summed E-state index contributed by atoms with van der Waals surface area (Å²) in [6.07, 6.45) is 2.39. The van der Waals surface area contributed by atoms with Gasteiger partial charge in [0.15, 0.2) is 0 Å². The number of pyridine rings is 1. The molecule has 0 aliphatic rings. The molecule has 0 saturated carbocycles. The normalized spacial score (nSPS) is 12.3. The molecular weight excluding hydrogens is 265 g/mol. The lowest BCUT2D eigenvalue weighted by Crippen LogP contribution is -2.15. The molecule has 0 aliphatic heterocycles. The number of nitrogens with zero attached hydrogens (tertiary/aromatic N) is 1. The van der Waals surface area contributed by atoms with Crippen molar-refractivity contribution in [2.75, 3.05) is 0 Å². The first-order valence-electron chi connectivity index (χ1n) is 6.98. The highest BCUT2D eigenvalue weighted by molar-refractivity contribution is 5.85. The van der Waals surface area contributed by atoms with Crippen molar-refractivity contribution in [2.24, 2.45) is 0 Å². The second kappa shape index (κ2) is 5.92. The van der Waals surface area contributed by atoms with Gasteiger partial charge in [-0.05, 0) is 30.7 Å². The summed E-state index contributed by atoms with van der Waals surface area (Å²) in [5, 5.41) is 0.706. The molecule has 2 nitrogen and oxygen atoms in total. The quantitative estimate of drug-likeness (QED) is 0.708. The summed E-state index contributed by atoms with van der Waals surface area (Å²) < 4.78 is 19.7. The summed E-state index contributed by atoms with van der Waals surface area (Å²) in [5.74, 6) is 0.344. The minimum Gasteiger partial charge on any atom is -0.490 e. The zero-order chi connectivity index (χ0) is 14.7. The number of hydrogen-bond donors (Lipinski definition) is 0. The van der Waals surface area contributed by atoms with Crippen LogP contribution in [-0.4, -0.2) is 11.1 Å². The average Bonchev–Trinajstić information content (AvgIpc) is 2.49. The van der Waals surface area contributed by atoms with E-state index in [1.807, 2.05) is 31.2 Å². The molecule has 0 fully saturated rings. The van der Waals surface area contributed by atoms with E-state index in [1.165, 1.54) is 11.6 Å². The van der Waals surface area contributed by atoms with Gasteiger partial charge in [0, 0.05) is 18.0 Å². The Morgan fingerprint density at radius 3 is 2.67 bits per heavy atom. The maximum atomic E-state index is 13.7. The van der Waals surface area contributed by atoms with Crippen LogP contribution in [0.3, 0.4) is 0 Å². The van der Waals surface area contributed by atoms with E-state index in [0.717, 1.165) is 6.42 Å². The number of hydrogen-bond acceptors (Lipinski definition) is 2. The van der Waals surface area contributed by atoms with E-state index in [-0.39, 0.29) is 11.9 Å². The SMILES string of the molecule is CC(Cc1ccccc1)Oc1ccnc2c(F)cccc12. The van der Waals surface area contributed by atoms with E-state index in [9.17, 15) is 4.39 Å². The molecule has 0 radical (unpaired) electrons. The summed E-state index contributed by atoms with van der Waals surface area (Å²) in [4.78, 5) is 4.08. The van der Waals surface area contributed by atoms with Crippen molar-refractivity contribution in [1.29, 1.82) is 0 Å². The Balaban J connectivity index is 1.83. The van der Waals surface area contributed by atoms with Gasteiger partial charge in [0.2, 0.25) is 0 Å². The molecule has 0 amide bonds. The van der Waals surface area contributed by atoms with Gasteiger partial charge in [0.05, 0.1) is 6.10 Å². The molecule has 1 atom stereocenters. The number of rotatable bonds is 4. The molecule has 1 heterocycles. The predicted molar refractivity (Wildman–Crippen MR) is 81.9 cm³/mol. The van der Waals surface area contributed by atoms with E-state index in [1.54, 1.807) is 18.3 Å². The van der Waals surface area contributed by atoms with Gasteiger partial charge in [-0.2, -0.15) is 0 Å². The van der Waals surface area contributed by atoms with Crippen LogP contribution < -0.4 is 4.74 Å². The maximum absolute atomic E-state index is 13.7. The zero-order valence-electron chi connectivity index (χ0n) is 11.8. The van der Waals surface area contributed by atoms with Gasteiger partial charge < -0.3 is 4.74 Å². The molecule has 106 valence electrons. The van der Waals surface area contributed by atoms with Crippen LogP contribution in [0.4, 0.5) is 4.39 Å². The number of halogens is 1. The molecule has 1 unspecified atom stereocenters. The average molecular weight is 281 g/mol. The van der Waals surface area contributed by atoms with Gasteiger partial charge in [-0.25, -0.2) is 4.39 Å². The molecule has 0 saturated heterocycles. The Hall–Kier alpha value is -2.42. The van der Waals surface area contributed by atoms with Gasteiger partial charge in [0.25, 0.3) is 0 Å². The molecule has 0 bridgehead atoms. The monoisotopic (exact) mass is 281 g/mol. The van der Waals surface area contributed by atoms with E-state index in [0.29, 0.717) is 16.7 Å². The van der Waals surface area contributed by atoms with Crippen LogP contribution in [0.1, 0.15) is 12.5 Å². The molecule has 0 spiro atoms. The Kier molecular flexibility index (Phi) is 3.82. The van der Waals surface area contributed by atoms with Gasteiger partial charge in [-0.15, -0.1) is 0 Å². The molecule has 0 aliphatic carbocycles. The third-order valence-electron chi connectivity index (χ3n) is 3.38. The smallest absolute Gasteiger partial charge is 0.149 e. The fourth-order valence-corrected chi connectivity index (χ4v) is 2.42. The predicted octanol–water partition coefficient (Wildman–Crippen LogP) is 4.38. The van der Waals surface area contributed by atoms with Gasteiger partial charge >= 0.3 is 0 Å². The van der Waals surface area contributed by atoms with Crippen LogP contribution in [0.15, 0.2) is 60.8 Å². The minimum atomic E-state index is -0.325. The third kappa shape index (κ3) is 3.02. The molecule has 3 aromatic rings. The van der Waals surface area contributed by atoms with E-state index >= 15 is 0 Å². The summed E-state index contributed by atoms with van der Waals surface area (Å²) in [6, 6.07) is 16.9. The lowest BCUT2D eigenvalue weighted by Gasteiger charge is -2.16. The standard InChI is InChI=1S/C18H16FNO/c1-13(12-14-6-3-2-4-7-14)21-17-10-11-20-18-15(17)8-5-9-16(18)19/h2-11,13H,12H2,1H3. The first-order valence-corrected chi connectivity index (χ1v) is 6.98. The first kappa shape index (κ1) is 13.6. The Bertz CT molecular complexity index is 743. The summed E-state index contributed by atoms with van der Waals surface area (Å²) >= 11 is 0. The number of aromatic nitrogens is 1.